The monoisotopic (exact) mass is 236 g/mol. The van der Waals surface area contributed by atoms with Crippen LogP contribution in [0.4, 0.5) is 0 Å². The number of Topliss-reactive ketones (excluding diaryl/α,β-unsaturated/α-hetero) is 1. The van der Waals surface area contributed by atoms with Gasteiger partial charge in [-0.3, -0.25) is 4.79 Å². The second kappa shape index (κ2) is 5.39. The van der Waals surface area contributed by atoms with Crippen molar-refractivity contribution < 1.29 is 19.4 Å². The average Bonchev–Trinajstić information content (AvgIpc) is 2.30. The maximum Gasteiger partial charge on any atom is 0.200 e. The number of rotatable bonds is 4. The summed E-state index contributed by atoms with van der Waals surface area (Å²) in [5.41, 5.74) is 1.36. The van der Waals surface area contributed by atoms with E-state index in [2.05, 4.69) is 0 Å². The van der Waals surface area contributed by atoms with Gasteiger partial charge in [0.15, 0.2) is 17.3 Å². The maximum absolute atomic E-state index is 11.1. The Balaban J connectivity index is 3.27. The van der Waals surface area contributed by atoms with E-state index in [-0.39, 0.29) is 11.5 Å². The first kappa shape index (κ1) is 13.1. The summed E-state index contributed by atoms with van der Waals surface area (Å²) in [5, 5.41) is 9.72. The first-order chi connectivity index (χ1) is 7.99. The molecule has 1 aromatic carbocycles. The van der Waals surface area contributed by atoms with Crippen molar-refractivity contribution in [3.8, 4) is 17.2 Å². The zero-order valence-corrected chi connectivity index (χ0v) is 10.4. The van der Waals surface area contributed by atoms with Gasteiger partial charge < -0.3 is 14.6 Å². The van der Waals surface area contributed by atoms with E-state index >= 15 is 0 Å². The highest BCUT2D eigenvalue weighted by molar-refractivity contribution is 5.97. The largest absolute Gasteiger partial charge is 0.502 e. The minimum Gasteiger partial charge on any atom is -0.502 e. The summed E-state index contributed by atoms with van der Waals surface area (Å²) in [6.45, 7) is 3.23. The standard InChI is InChI=1S/C13H16O4/c1-8(9(2)14)5-10-6-11(16-3)13(15)12(7-10)17-4/h5-7,15H,1-4H3. The Morgan fingerprint density at radius 1 is 1.18 bits per heavy atom. The van der Waals surface area contributed by atoms with Gasteiger partial charge in [0.2, 0.25) is 5.75 Å². The molecule has 0 aliphatic heterocycles. The lowest BCUT2D eigenvalue weighted by molar-refractivity contribution is -0.113. The van der Waals surface area contributed by atoms with Crippen molar-refractivity contribution in [2.24, 2.45) is 0 Å². The van der Waals surface area contributed by atoms with Gasteiger partial charge in [-0.25, -0.2) is 0 Å². The van der Waals surface area contributed by atoms with Crippen molar-refractivity contribution in [1.29, 1.82) is 0 Å². The van der Waals surface area contributed by atoms with Crippen LogP contribution in [0.15, 0.2) is 17.7 Å². The Hall–Kier alpha value is -1.97. The number of phenolic OH excluding ortho intramolecular Hbond substituents is 1. The Morgan fingerprint density at radius 2 is 1.65 bits per heavy atom. The van der Waals surface area contributed by atoms with Gasteiger partial charge in [0.25, 0.3) is 0 Å². The van der Waals surface area contributed by atoms with Gasteiger partial charge in [-0.05, 0) is 43.2 Å². The molecule has 0 aliphatic rings. The molecule has 0 atom stereocenters. The lowest BCUT2D eigenvalue weighted by atomic mass is 10.1. The van der Waals surface area contributed by atoms with Crippen LogP contribution >= 0.6 is 0 Å². The molecule has 1 aromatic rings. The third kappa shape index (κ3) is 3.00. The number of aromatic hydroxyl groups is 1. The molecule has 4 heteroatoms. The zero-order chi connectivity index (χ0) is 13.0. The highest BCUT2D eigenvalue weighted by Gasteiger charge is 2.10. The van der Waals surface area contributed by atoms with E-state index in [1.165, 1.54) is 21.1 Å². The van der Waals surface area contributed by atoms with Gasteiger partial charge in [-0.1, -0.05) is 0 Å². The fraction of sp³-hybridized carbons (Fsp3) is 0.308. The molecule has 0 amide bonds. The number of carbonyl (C=O) groups excluding carboxylic acids is 1. The fourth-order valence-corrected chi connectivity index (χ4v) is 1.35. The van der Waals surface area contributed by atoms with Gasteiger partial charge in [-0.2, -0.15) is 0 Å². The summed E-state index contributed by atoms with van der Waals surface area (Å²) in [5.74, 6) is 0.572. The van der Waals surface area contributed by atoms with Gasteiger partial charge in [0, 0.05) is 0 Å². The number of hydrogen-bond acceptors (Lipinski definition) is 4. The molecule has 0 bridgehead atoms. The molecular formula is C13H16O4. The topological polar surface area (TPSA) is 55.8 Å². The van der Waals surface area contributed by atoms with E-state index in [4.69, 9.17) is 9.47 Å². The molecule has 0 heterocycles. The van der Waals surface area contributed by atoms with E-state index in [0.29, 0.717) is 17.1 Å². The van der Waals surface area contributed by atoms with Crippen LogP contribution in [0, 0.1) is 0 Å². The van der Waals surface area contributed by atoms with Crippen LogP contribution in [-0.2, 0) is 4.79 Å². The van der Waals surface area contributed by atoms with Crippen molar-refractivity contribution in [3.05, 3.63) is 23.3 Å². The van der Waals surface area contributed by atoms with Gasteiger partial charge >= 0.3 is 0 Å². The first-order valence-electron chi connectivity index (χ1n) is 5.13. The summed E-state index contributed by atoms with van der Waals surface area (Å²) >= 11 is 0. The average molecular weight is 236 g/mol. The molecule has 1 rings (SSSR count). The lowest BCUT2D eigenvalue weighted by Crippen LogP contribution is -1.93. The molecule has 17 heavy (non-hydrogen) atoms. The molecule has 4 nitrogen and oxygen atoms in total. The quantitative estimate of drug-likeness (QED) is 0.815. The molecule has 0 unspecified atom stereocenters. The normalized spacial score (nSPS) is 11.2. The van der Waals surface area contributed by atoms with Gasteiger partial charge in [-0.15, -0.1) is 0 Å². The van der Waals surface area contributed by atoms with E-state index < -0.39 is 0 Å². The molecule has 0 saturated carbocycles. The zero-order valence-electron chi connectivity index (χ0n) is 10.4. The van der Waals surface area contributed by atoms with Gasteiger partial charge in [0.1, 0.15) is 0 Å². The summed E-state index contributed by atoms with van der Waals surface area (Å²) in [6, 6.07) is 3.29. The van der Waals surface area contributed by atoms with Crippen molar-refractivity contribution in [2.75, 3.05) is 14.2 Å². The molecule has 0 fully saturated rings. The number of ketones is 1. The third-order valence-electron chi connectivity index (χ3n) is 2.44. The number of hydrogen-bond donors (Lipinski definition) is 1. The molecular weight excluding hydrogens is 220 g/mol. The number of carbonyl (C=O) groups is 1. The van der Waals surface area contributed by atoms with Crippen LogP contribution in [0.2, 0.25) is 0 Å². The fourth-order valence-electron chi connectivity index (χ4n) is 1.35. The molecule has 92 valence electrons. The summed E-state index contributed by atoms with van der Waals surface area (Å²) in [6.07, 6.45) is 1.72. The van der Waals surface area contributed by atoms with Crippen molar-refractivity contribution >= 4 is 11.9 Å². The number of allylic oxidation sites excluding steroid dienone is 1. The van der Waals surface area contributed by atoms with Crippen LogP contribution in [-0.4, -0.2) is 25.1 Å². The Labute approximate surface area is 100 Å². The Morgan fingerprint density at radius 3 is 2.00 bits per heavy atom. The molecule has 0 aliphatic carbocycles. The first-order valence-corrected chi connectivity index (χ1v) is 5.13. The number of methoxy groups -OCH3 is 2. The predicted octanol–water partition coefficient (Wildman–Crippen LogP) is 2.40. The second-order valence-electron chi connectivity index (χ2n) is 3.66. The molecule has 0 aromatic heterocycles. The van der Waals surface area contributed by atoms with E-state index in [1.807, 2.05) is 0 Å². The van der Waals surface area contributed by atoms with Crippen LogP contribution in [0.25, 0.3) is 6.08 Å². The van der Waals surface area contributed by atoms with Crippen LogP contribution in [0.1, 0.15) is 19.4 Å². The summed E-state index contributed by atoms with van der Waals surface area (Å²) < 4.78 is 10.1. The lowest BCUT2D eigenvalue weighted by Gasteiger charge is -2.09. The third-order valence-corrected chi connectivity index (χ3v) is 2.44. The minimum atomic E-state index is -0.0485. The Bertz CT molecular complexity index is 435. The van der Waals surface area contributed by atoms with Crippen molar-refractivity contribution in [2.45, 2.75) is 13.8 Å². The van der Waals surface area contributed by atoms with Crippen LogP contribution in [0.3, 0.4) is 0 Å². The molecule has 1 N–H and O–H groups in total. The molecule has 0 saturated heterocycles. The summed E-state index contributed by atoms with van der Waals surface area (Å²) in [4.78, 5) is 11.1. The predicted molar refractivity (Wildman–Crippen MR) is 65.5 cm³/mol. The Kier molecular flexibility index (Phi) is 4.15. The van der Waals surface area contributed by atoms with Crippen LogP contribution in [0.5, 0.6) is 17.2 Å². The highest BCUT2D eigenvalue weighted by atomic mass is 16.5. The van der Waals surface area contributed by atoms with Gasteiger partial charge in [0.05, 0.1) is 14.2 Å². The number of benzene rings is 1. The number of ether oxygens (including phenoxy) is 2. The summed E-state index contributed by atoms with van der Waals surface area (Å²) in [7, 11) is 2.92. The SMILES string of the molecule is COc1cc(C=C(C)C(C)=O)cc(OC)c1O. The van der Waals surface area contributed by atoms with E-state index in [1.54, 1.807) is 25.1 Å². The number of phenols is 1. The minimum absolute atomic E-state index is 0.00370. The van der Waals surface area contributed by atoms with Crippen molar-refractivity contribution in [3.63, 3.8) is 0 Å². The van der Waals surface area contributed by atoms with Crippen LogP contribution < -0.4 is 9.47 Å². The van der Waals surface area contributed by atoms with Crippen molar-refractivity contribution in [1.82, 2.24) is 0 Å². The second-order valence-corrected chi connectivity index (χ2v) is 3.66. The molecule has 0 radical (unpaired) electrons. The van der Waals surface area contributed by atoms with E-state index in [0.717, 1.165) is 5.56 Å². The maximum atomic E-state index is 11.1. The van der Waals surface area contributed by atoms with E-state index in [9.17, 15) is 9.90 Å². The highest BCUT2D eigenvalue weighted by Crippen LogP contribution is 2.37. The smallest absolute Gasteiger partial charge is 0.200 e. The molecule has 0 spiro atoms.